The van der Waals surface area contributed by atoms with Crippen LogP contribution in [0.2, 0.25) is 0 Å². The average Bonchev–Trinajstić information content (AvgIpc) is 2.62. The molecule has 1 saturated heterocycles. The van der Waals surface area contributed by atoms with Gasteiger partial charge in [0.05, 0.1) is 17.4 Å². The van der Waals surface area contributed by atoms with E-state index < -0.39 is 9.84 Å². The lowest BCUT2D eigenvalue weighted by Gasteiger charge is -2.34. The lowest BCUT2D eigenvalue weighted by atomic mass is 10.1. The van der Waals surface area contributed by atoms with Crippen molar-refractivity contribution in [2.45, 2.75) is 25.4 Å². The van der Waals surface area contributed by atoms with E-state index in [9.17, 15) is 13.2 Å². The second kappa shape index (κ2) is 4.42. The fourth-order valence-corrected chi connectivity index (χ4v) is 4.01. The molecule has 1 amide bonds. The maximum absolute atomic E-state index is 12.2. The van der Waals surface area contributed by atoms with E-state index >= 15 is 0 Å². The van der Waals surface area contributed by atoms with Gasteiger partial charge in [-0.05, 0) is 13.3 Å². The third-order valence-corrected chi connectivity index (χ3v) is 5.18. The molecule has 0 radical (unpaired) electrons. The van der Waals surface area contributed by atoms with Crippen LogP contribution in [0, 0.1) is 5.92 Å². The highest BCUT2D eigenvalue weighted by atomic mass is 32.2. The minimum absolute atomic E-state index is 0.0107. The lowest BCUT2D eigenvalue weighted by molar-refractivity contribution is -0.135. The van der Waals surface area contributed by atoms with Crippen LogP contribution in [0.15, 0.2) is 12.2 Å². The van der Waals surface area contributed by atoms with Crippen molar-refractivity contribution in [1.29, 1.82) is 0 Å². The Hall–Kier alpha value is -0.880. The van der Waals surface area contributed by atoms with E-state index in [1.165, 1.54) is 0 Å². The number of hydrogen-bond acceptors (Lipinski definition) is 4. The second-order valence-electron chi connectivity index (χ2n) is 4.89. The zero-order chi connectivity index (χ0) is 12.6. The van der Waals surface area contributed by atoms with Gasteiger partial charge in [0.25, 0.3) is 0 Å². The van der Waals surface area contributed by atoms with Crippen molar-refractivity contribution in [1.82, 2.24) is 4.90 Å². The summed E-state index contributed by atoms with van der Waals surface area (Å²) in [5.74, 6) is -0.0165. The Morgan fingerprint density at radius 2 is 2.12 bits per heavy atom. The van der Waals surface area contributed by atoms with Crippen LogP contribution in [0.3, 0.4) is 0 Å². The van der Waals surface area contributed by atoms with Crippen molar-refractivity contribution in [3.8, 4) is 0 Å². The first kappa shape index (κ1) is 12.6. The highest BCUT2D eigenvalue weighted by molar-refractivity contribution is 7.91. The molecule has 5 nitrogen and oxygen atoms in total. The molecule has 0 spiro atoms. The van der Waals surface area contributed by atoms with Crippen molar-refractivity contribution in [2.24, 2.45) is 11.7 Å². The molecule has 2 rings (SSSR count). The topological polar surface area (TPSA) is 80.5 Å². The largest absolute Gasteiger partial charge is 0.337 e. The number of nitrogens with zero attached hydrogens (tertiary/aromatic N) is 1. The highest BCUT2D eigenvalue weighted by Crippen LogP contribution is 2.22. The first-order chi connectivity index (χ1) is 7.89. The van der Waals surface area contributed by atoms with Crippen LogP contribution in [0.25, 0.3) is 0 Å². The van der Waals surface area contributed by atoms with Gasteiger partial charge in [-0.2, -0.15) is 0 Å². The maximum Gasteiger partial charge on any atom is 0.229 e. The van der Waals surface area contributed by atoms with Crippen molar-refractivity contribution in [3.63, 3.8) is 0 Å². The zero-order valence-corrected chi connectivity index (χ0v) is 10.7. The smallest absolute Gasteiger partial charge is 0.229 e. The molecule has 1 aliphatic carbocycles. The van der Waals surface area contributed by atoms with Crippen LogP contribution in [-0.2, 0) is 14.6 Å². The van der Waals surface area contributed by atoms with Crippen molar-refractivity contribution >= 4 is 15.7 Å². The van der Waals surface area contributed by atoms with Gasteiger partial charge in [-0.3, -0.25) is 4.79 Å². The van der Waals surface area contributed by atoms with Gasteiger partial charge < -0.3 is 10.6 Å². The van der Waals surface area contributed by atoms with E-state index in [0.29, 0.717) is 13.0 Å². The molecule has 6 heteroatoms. The van der Waals surface area contributed by atoms with E-state index in [1.807, 2.05) is 12.2 Å². The maximum atomic E-state index is 12.2. The van der Waals surface area contributed by atoms with Gasteiger partial charge in [-0.15, -0.1) is 0 Å². The summed E-state index contributed by atoms with van der Waals surface area (Å²) >= 11 is 0. The van der Waals surface area contributed by atoms with Crippen LogP contribution in [0.5, 0.6) is 0 Å². The minimum Gasteiger partial charge on any atom is -0.337 e. The molecule has 0 aromatic rings. The molecule has 2 aliphatic rings. The molecule has 0 aromatic carbocycles. The van der Waals surface area contributed by atoms with Crippen molar-refractivity contribution in [3.05, 3.63) is 12.2 Å². The van der Waals surface area contributed by atoms with Gasteiger partial charge in [0, 0.05) is 18.6 Å². The first-order valence-corrected chi connectivity index (χ1v) is 7.66. The van der Waals surface area contributed by atoms with Gasteiger partial charge in [0.1, 0.15) is 0 Å². The van der Waals surface area contributed by atoms with E-state index in [1.54, 1.807) is 11.8 Å². The third kappa shape index (κ3) is 2.69. The Balaban J connectivity index is 2.04. The Bertz CT molecular complexity index is 444. The number of carbonyl (C=O) groups is 1. The summed E-state index contributed by atoms with van der Waals surface area (Å²) in [6, 6.07) is -0.278. The van der Waals surface area contributed by atoms with E-state index in [0.717, 1.165) is 0 Å². The Kier molecular flexibility index (Phi) is 3.27. The molecular formula is C11H18N2O3S. The molecule has 0 aromatic heterocycles. The van der Waals surface area contributed by atoms with Crippen molar-refractivity contribution in [2.75, 3.05) is 18.1 Å². The molecular weight excluding hydrogens is 240 g/mol. The molecule has 0 bridgehead atoms. The number of carbonyl (C=O) groups excluding carboxylic acids is 1. The number of nitrogens with two attached hydrogens (primary N) is 1. The zero-order valence-electron chi connectivity index (χ0n) is 9.87. The molecule has 17 heavy (non-hydrogen) atoms. The average molecular weight is 258 g/mol. The van der Waals surface area contributed by atoms with Crippen LogP contribution >= 0.6 is 0 Å². The molecule has 3 atom stereocenters. The standard InChI is InChI=1S/C11H18N2O3S/c1-8-7-17(15,16)5-4-13(8)11(14)9-2-3-10(12)6-9/h2-3,8-10H,4-7,12H2,1H3. The lowest BCUT2D eigenvalue weighted by Crippen LogP contribution is -2.51. The Morgan fingerprint density at radius 3 is 2.65 bits per heavy atom. The second-order valence-corrected chi connectivity index (χ2v) is 7.11. The SMILES string of the molecule is CC1CS(=O)(=O)CCN1C(=O)C1C=CC(N)C1. The Morgan fingerprint density at radius 1 is 1.41 bits per heavy atom. The van der Waals surface area contributed by atoms with E-state index in [-0.39, 0.29) is 35.4 Å². The van der Waals surface area contributed by atoms with Crippen LogP contribution in [0.1, 0.15) is 13.3 Å². The molecule has 1 fully saturated rings. The normalized spacial score (nSPS) is 36.1. The van der Waals surface area contributed by atoms with E-state index in [4.69, 9.17) is 5.73 Å². The quantitative estimate of drug-likeness (QED) is 0.645. The molecule has 1 aliphatic heterocycles. The number of rotatable bonds is 1. The monoisotopic (exact) mass is 258 g/mol. The van der Waals surface area contributed by atoms with Crippen molar-refractivity contribution < 1.29 is 13.2 Å². The first-order valence-electron chi connectivity index (χ1n) is 5.84. The molecule has 3 unspecified atom stereocenters. The number of hydrogen-bond donors (Lipinski definition) is 1. The molecule has 96 valence electrons. The highest BCUT2D eigenvalue weighted by Gasteiger charge is 2.35. The van der Waals surface area contributed by atoms with Gasteiger partial charge in [0.15, 0.2) is 9.84 Å². The summed E-state index contributed by atoms with van der Waals surface area (Å²) in [5.41, 5.74) is 5.72. The summed E-state index contributed by atoms with van der Waals surface area (Å²) in [6.45, 7) is 2.09. The van der Waals surface area contributed by atoms with Gasteiger partial charge in [-0.25, -0.2) is 8.42 Å². The summed E-state index contributed by atoms with van der Waals surface area (Å²) in [4.78, 5) is 13.9. The van der Waals surface area contributed by atoms with Crippen LogP contribution in [-0.4, -0.2) is 49.4 Å². The summed E-state index contributed by atoms with van der Waals surface area (Å²) in [7, 11) is -2.97. The molecule has 0 saturated carbocycles. The Labute approximate surface area is 102 Å². The summed E-state index contributed by atoms with van der Waals surface area (Å²) < 4.78 is 22.9. The van der Waals surface area contributed by atoms with Crippen LogP contribution in [0.4, 0.5) is 0 Å². The number of amides is 1. The predicted molar refractivity (Wildman–Crippen MR) is 65.1 cm³/mol. The number of sulfone groups is 1. The summed E-state index contributed by atoms with van der Waals surface area (Å²) in [6.07, 6.45) is 4.31. The molecule has 1 heterocycles. The summed E-state index contributed by atoms with van der Waals surface area (Å²) in [5, 5.41) is 0. The van der Waals surface area contributed by atoms with Gasteiger partial charge in [0.2, 0.25) is 5.91 Å². The van der Waals surface area contributed by atoms with Gasteiger partial charge in [-0.1, -0.05) is 12.2 Å². The third-order valence-electron chi connectivity index (χ3n) is 3.39. The minimum atomic E-state index is -2.97. The van der Waals surface area contributed by atoms with E-state index in [2.05, 4.69) is 0 Å². The molecule has 2 N–H and O–H groups in total. The predicted octanol–water partition coefficient (Wildman–Crippen LogP) is -0.465. The van der Waals surface area contributed by atoms with Gasteiger partial charge >= 0.3 is 0 Å². The van der Waals surface area contributed by atoms with Crippen LogP contribution < -0.4 is 5.73 Å². The fourth-order valence-electron chi connectivity index (χ4n) is 2.45. The fraction of sp³-hybridized carbons (Fsp3) is 0.727.